The van der Waals surface area contributed by atoms with Gasteiger partial charge in [-0.25, -0.2) is 9.59 Å². The first kappa shape index (κ1) is 66.4. The van der Waals surface area contributed by atoms with E-state index in [0.29, 0.717) is 25.0 Å². The normalized spacial score (nSPS) is 14.2. The smallest absolute Gasteiger partial charge is 0.416 e. The number of nitro groups is 1. The van der Waals surface area contributed by atoms with Gasteiger partial charge in [0.2, 0.25) is 5.91 Å². The molecular formula is C49H58Cl4F3N4O15P. The number of nitrogens with zero attached hydrogens (tertiary/aromatic N) is 3. The van der Waals surface area contributed by atoms with Crippen LogP contribution in [0.3, 0.4) is 0 Å². The molecule has 4 aromatic rings. The molecule has 2 amide bonds. The second-order valence-electron chi connectivity index (χ2n) is 16.3. The minimum atomic E-state index is -4.61. The molecule has 4 N–H and O–H groups in total. The third-order valence-corrected chi connectivity index (χ3v) is 12.3. The van der Waals surface area contributed by atoms with Crippen LogP contribution < -0.4 is 25.0 Å². The molecule has 5 rings (SSSR count). The molecule has 0 aromatic heterocycles. The fourth-order valence-electron chi connectivity index (χ4n) is 6.76. The number of carboxylic acid groups (broad SMARTS) is 1. The summed E-state index contributed by atoms with van der Waals surface area (Å²) in [6.07, 6.45) is -3.73. The molecule has 0 spiro atoms. The number of fused-ring (bicyclic) bond motifs is 1. The van der Waals surface area contributed by atoms with E-state index in [1.54, 1.807) is 16.9 Å². The lowest BCUT2D eigenvalue weighted by atomic mass is 10.0. The van der Waals surface area contributed by atoms with Gasteiger partial charge in [0.25, 0.3) is 11.6 Å². The molecule has 0 aliphatic carbocycles. The average molecular weight is 1170 g/mol. The number of aryl methyl sites for hydroxylation is 2. The number of hydrogen-bond acceptors (Lipinski definition) is 14. The minimum Gasteiger partial charge on any atom is -0.489 e. The summed E-state index contributed by atoms with van der Waals surface area (Å²) in [5.41, 5.74) is 6.86. The molecule has 1 aliphatic heterocycles. The fourth-order valence-corrected chi connectivity index (χ4v) is 8.07. The first-order chi connectivity index (χ1) is 35.5. The zero-order chi connectivity index (χ0) is 57.7. The number of halogens is 7. The van der Waals surface area contributed by atoms with Crippen LogP contribution in [-0.4, -0.2) is 120 Å². The monoisotopic (exact) mass is 1170 g/mol. The highest BCUT2D eigenvalue weighted by Crippen LogP contribution is 2.39. The SMILES string of the molecule is CC1COc2ccccc2N1C(=O)C(Cl)Cl.CCOC(=O)COC(=O)c1cc(Oc2ccc(C(F)(F)F)cc2Cl)ccc1[N+](=O)[O-].CCc1cccc(C)c1N(C(=O)CCl)C(C)COC.CP(=O)(O)CCC(N)C(=O)O. The standard InChI is InChI=1S/C18H13ClF3NO7.C15H22ClNO2.C11H11Cl2NO2.C5H12NO4P/c1-2-28-16(24)9-29-17(25)12-8-11(4-5-14(12)23(26)27)30-15-6-3-10(7-13(15)19)18(20,21)22;1-5-13-8-6-7-11(2)15(13)17(14(18)9-16)12(3)10-19-4;1-7-6-16-9-5-3-2-4-8(9)14(7)11(15)10(12)13;1-11(9,10)3-2-4(6)5(7)8/h3-8H,2,9H2,1H3;6-8,12H,5,9-10H2,1-4H3;2-5,7,10H,6H2,1H3;4H,2-3,6H2,1H3,(H,7,8)(H,9,10). The van der Waals surface area contributed by atoms with Gasteiger partial charge in [-0.15, -0.1) is 11.6 Å². The van der Waals surface area contributed by atoms with E-state index in [1.807, 2.05) is 57.2 Å². The number of ether oxygens (including phenoxy) is 5. The van der Waals surface area contributed by atoms with Gasteiger partial charge >= 0.3 is 24.1 Å². The molecule has 0 saturated carbocycles. The maximum absolute atomic E-state index is 12.7. The van der Waals surface area contributed by atoms with Crippen molar-refractivity contribution < 1.29 is 80.3 Å². The lowest BCUT2D eigenvalue weighted by Gasteiger charge is -2.35. The van der Waals surface area contributed by atoms with E-state index in [9.17, 15) is 51.8 Å². The molecule has 418 valence electrons. The lowest BCUT2D eigenvalue weighted by Crippen LogP contribution is -2.47. The molecule has 0 fully saturated rings. The van der Waals surface area contributed by atoms with Crippen LogP contribution >= 0.6 is 53.8 Å². The Morgan fingerprint density at radius 2 is 1.68 bits per heavy atom. The molecule has 27 heteroatoms. The molecule has 4 unspecified atom stereocenters. The van der Waals surface area contributed by atoms with Crippen molar-refractivity contribution in [2.24, 2.45) is 5.73 Å². The van der Waals surface area contributed by atoms with Gasteiger partial charge in [-0.05, 0) is 88.1 Å². The summed E-state index contributed by atoms with van der Waals surface area (Å²) in [4.78, 5) is 79.0. The van der Waals surface area contributed by atoms with Crippen molar-refractivity contribution in [2.75, 3.05) is 62.0 Å². The third-order valence-electron chi connectivity index (χ3n) is 10.3. The molecule has 1 aliphatic rings. The van der Waals surface area contributed by atoms with Crippen molar-refractivity contribution >= 4 is 101 Å². The van der Waals surface area contributed by atoms with Crippen LogP contribution in [0, 0.1) is 17.0 Å². The Morgan fingerprint density at radius 1 is 1.03 bits per heavy atom. The number of esters is 2. The van der Waals surface area contributed by atoms with Gasteiger partial charge in [0.1, 0.15) is 41.3 Å². The molecule has 0 bridgehead atoms. The van der Waals surface area contributed by atoms with Crippen molar-refractivity contribution in [3.05, 3.63) is 116 Å². The largest absolute Gasteiger partial charge is 0.489 e. The van der Waals surface area contributed by atoms with Crippen molar-refractivity contribution in [1.82, 2.24) is 0 Å². The van der Waals surface area contributed by atoms with Crippen LogP contribution in [-0.2, 0) is 50.6 Å². The van der Waals surface area contributed by atoms with Crippen LogP contribution in [0.4, 0.5) is 30.2 Å². The van der Waals surface area contributed by atoms with E-state index in [0.717, 1.165) is 59.3 Å². The van der Waals surface area contributed by atoms with Gasteiger partial charge in [0, 0.05) is 32.1 Å². The van der Waals surface area contributed by atoms with Crippen LogP contribution in [0.5, 0.6) is 17.2 Å². The highest BCUT2D eigenvalue weighted by atomic mass is 35.5. The van der Waals surface area contributed by atoms with Gasteiger partial charge < -0.3 is 49.2 Å². The maximum atomic E-state index is 12.7. The zero-order valence-electron chi connectivity index (χ0n) is 42.2. The van der Waals surface area contributed by atoms with Gasteiger partial charge in [0.15, 0.2) is 18.8 Å². The number of anilines is 2. The van der Waals surface area contributed by atoms with Gasteiger partial charge in [-0.1, -0.05) is 72.1 Å². The molecule has 0 radical (unpaired) electrons. The molecule has 76 heavy (non-hydrogen) atoms. The number of alkyl halides is 6. The number of methoxy groups -OCH3 is 1. The van der Waals surface area contributed by atoms with E-state index in [-0.39, 0.29) is 65.5 Å². The fraction of sp³-hybridized carbons (Fsp3) is 0.408. The van der Waals surface area contributed by atoms with E-state index in [1.165, 1.54) is 13.6 Å². The topological polar surface area (TPSA) is 265 Å². The van der Waals surface area contributed by atoms with Crippen LogP contribution in [0.1, 0.15) is 61.2 Å². The Morgan fingerprint density at radius 3 is 2.22 bits per heavy atom. The second-order valence-corrected chi connectivity index (χ2v) is 20.7. The summed E-state index contributed by atoms with van der Waals surface area (Å²) in [7, 11) is -1.47. The minimum absolute atomic E-state index is 0.0223. The number of aliphatic carboxylic acids is 1. The van der Waals surface area contributed by atoms with Crippen molar-refractivity contribution in [2.45, 2.75) is 76.6 Å². The molecule has 1 heterocycles. The Bertz CT molecular complexity index is 2680. The summed E-state index contributed by atoms with van der Waals surface area (Å²) in [5, 5.41) is 19.1. The summed E-state index contributed by atoms with van der Waals surface area (Å²) in [6.45, 7) is 10.9. The number of nitro benzene ring substituents is 1. The molecule has 0 saturated heterocycles. The van der Waals surface area contributed by atoms with E-state index in [4.69, 9.17) is 81.1 Å². The number of para-hydroxylation sites is 3. The first-order valence-electron chi connectivity index (χ1n) is 22.7. The van der Waals surface area contributed by atoms with Crippen LogP contribution in [0.25, 0.3) is 0 Å². The Labute approximate surface area is 456 Å². The van der Waals surface area contributed by atoms with Crippen molar-refractivity contribution in [3.63, 3.8) is 0 Å². The van der Waals surface area contributed by atoms with Crippen molar-refractivity contribution in [1.29, 1.82) is 0 Å². The number of rotatable bonds is 18. The summed E-state index contributed by atoms with van der Waals surface area (Å²) in [5.74, 6) is -3.24. The Hall–Kier alpha value is -5.71. The summed E-state index contributed by atoms with van der Waals surface area (Å²) in [6, 6.07) is 17.6. The highest BCUT2D eigenvalue weighted by Gasteiger charge is 2.33. The van der Waals surface area contributed by atoms with E-state index < -0.39 is 70.7 Å². The maximum Gasteiger partial charge on any atom is 0.416 e. The molecule has 4 atom stereocenters. The number of amides is 2. The number of hydrogen-bond donors (Lipinski definition) is 3. The Kier molecular flexibility index (Phi) is 27.5. The molecular weight excluding hydrogens is 1110 g/mol. The van der Waals surface area contributed by atoms with E-state index >= 15 is 0 Å². The second kappa shape index (κ2) is 31.5. The predicted octanol–water partition coefficient (Wildman–Crippen LogP) is 10.2. The lowest BCUT2D eigenvalue weighted by molar-refractivity contribution is -0.385. The van der Waals surface area contributed by atoms with Crippen LogP contribution in [0.15, 0.2) is 78.9 Å². The average Bonchev–Trinajstić information content (AvgIpc) is 3.35. The first-order valence-corrected chi connectivity index (χ1v) is 26.8. The highest BCUT2D eigenvalue weighted by molar-refractivity contribution is 7.57. The molecule has 4 aromatic carbocycles. The van der Waals surface area contributed by atoms with Gasteiger partial charge in [-0.3, -0.25) is 29.1 Å². The van der Waals surface area contributed by atoms with Crippen LogP contribution in [0.2, 0.25) is 5.02 Å². The number of carbonyl (C=O) groups is 5. The van der Waals surface area contributed by atoms with E-state index in [2.05, 4.69) is 17.7 Å². The number of benzene rings is 4. The number of carbonyl (C=O) groups excluding carboxylic acids is 4. The Balaban J connectivity index is 0.000000371. The zero-order valence-corrected chi connectivity index (χ0v) is 46.1. The predicted molar refractivity (Wildman–Crippen MR) is 282 cm³/mol. The third kappa shape index (κ3) is 21.0. The summed E-state index contributed by atoms with van der Waals surface area (Å²) < 4.78 is 74.1. The van der Waals surface area contributed by atoms with Crippen molar-refractivity contribution in [3.8, 4) is 17.2 Å². The quantitative estimate of drug-likeness (QED) is 0.0275. The number of carboxylic acids is 1. The molecule has 19 nitrogen and oxygen atoms in total. The number of nitrogens with two attached hydrogens (primary N) is 1. The van der Waals surface area contributed by atoms with Gasteiger partial charge in [-0.2, -0.15) is 13.2 Å². The van der Waals surface area contributed by atoms with Gasteiger partial charge in [0.05, 0.1) is 52.2 Å². The summed E-state index contributed by atoms with van der Waals surface area (Å²) >= 11 is 22.8.